The summed E-state index contributed by atoms with van der Waals surface area (Å²) in [5, 5.41) is 2.03. The van der Waals surface area contributed by atoms with E-state index in [-0.39, 0.29) is 0 Å². The molecule has 0 atom stereocenters. The van der Waals surface area contributed by atoms with E-state index in [1.54, 1.807) is 17.5 Å². The SMILES string of the molecule is NCCc1ccnc(-c2cnc3ccsc3c2)n1. The van der Waals surface area contributed by atoms with Crippen LogP contribution in [0.2, 0.25) is 0 Å². The summed E-state index contributed by atoms with van der Waals surface area (Å²) in [7, 11) is 0. The maximum absolute atomic E-state index is 5.54. The minimum absolute atomic E-state index is 0.596. The standard InChI is InChI=1S/C13H12N4S/c14-4-1-10-2-5-15-13(17-10)9-7-12-11(16-8-9)3-6-18-12/h2-3,5-8H,1,4,14H2. The van der Waals surface area contributed by atoms with Crippen LogP contribution in [0.15, 0.2) is 36.0 Å². The summed E-state index contributed by atoms with van der Waals surface area (Å²) in [5.74, 6) is 0.712. The molecule has 0 aromatic carbocycles. The molecule has 0 aliphatic carbocycles. The van der Waals surface area contributed by atoms with E-state index in [0.717, 1.165) is 27.9 Å². The molecule has 0 saturated carbocycles. The number of aromatic nitrogens is 3. The molecule has 5 heteroatoms. The van der Waals surface area contributed by atoms with Crippen LogP contribution in [0.25, 0.3) is 21.6 Å². The summed E-state index contributed by atoms with van der Waals surface area (Å²) in [4.78, 5) is 13.2. The number of hydrogen-bond acceptors (Lipinski definition) is 5. The zero-order valence-electron chi connectivity index (χ0n) is 9.71. The average Bonchev–Trinajstić information content (AvgIpc) is 2.86. The van der Waals surface area contributed by atoms with Gasteiger partial charge < -0.3 is 5.73 Å². The third-order valence-corrected chi connectivity index (χ3v) is 3.53. The summed E-state index contributed by atoms with van der Waals surface area (Å²) in [6.07, 6.45) is 4.35. The molecule has 3 rings (SSSR count). The quantitative estimate of drug-likeness (QED) is 0.780. The predicted molar refractivity (Wildman–Crippen MR) is 73.4 cm³/mol. The van der Waals surface area contributed by atoms with Crippen LogP contribution in [-0.4, -0.2) is 21.5 Å². The van der Waals surface area contributed by atoms with E-state index in [1.807, 2.05) is 23.7 Å². The predicted octanol–water partition coefficient (Wildman–Crippen LogP) is 2.25. The summed E-state index contributed by atoms with van der Waals surface area (Å²) in [6.45, 7) is 0.596. The van der Waals surface area contributed by atoms with E-state index < -0.39 is 0 Å². The number of fused-ring (bicyclic) bond motifs is 1. The Balaban J connectivity index is 2.04. The summed E-state index contributed by atoms with van der Waals surface area (Å²) < 4.78 is 1.15. The number of pyridine rings is 1. The van der Waals surface area contributed by atoms with Crippen molar-refractivity contribution < 1.29 is 0 Å². The van der Waals surface area contributed by atoms with Crippen molar-refractivity contribution in [1.29, 1.82) is 0 Å². The topological polar surface area (TPSA) is 64.7 Å². The van der Waals surface area contributed by atoms with Gasteiger partial charge in [0.1, 0.15) is 0 Å². The van der Waals surface area contributed by atoms with Crippen LogP contribution >= 0.6 is 11.3 Å². The molecule has 3 aromatic heterocycles. The first-order valence-corrected chi connectivity index (χ1v) is 6.60. The first kappa shape index (κ1) is 11.3. The van der Waals surface area contributed by atoms with Gasteiger partial charge in [-0.25, -0.2) is 9.97 Å². The smallest absolute Gasteiger partial charge is 0.160 e. The van der Waals surface area contributed by atoms with Crippen molar-refractivity contribution in [2.24, 2.45) is 5.73 Å². The Hall–Kier alpha value is -1.85. The molecule has 0 spiro atoms. The lowest BCUT2D eigenvalue weighted by atomic mass is 10.2. The Kier molecular flexibility index (Phi) is 3.00. The van der Waals surface area contributed by atoms with Gasteiger partial charge in [-0.3, -0.25) is 4.98 Å². The van der Waals surface area contributed by atoms with E-state index >= 15 is 0 Å². The molecule has 3 heterocycles. The van der Waals surface area contributed by atoms with Gasteiger partial charge in [-0.1, -0.05) is 0 Å². The van der Waals surface area contributed by atoms with Gasteiger partial charge in [0.15, 0.2) is 5.82 Å². The second-order valence-corrected chi connectivity index (χ2v) is 4.89. The first-order valence-electron chi connectivity index (χ1n) is 5.72. The monoisotopic (exact) mass is 256 g/mol. The average molecular weight is 256 g/mol. The number of thiophene rings is 1. The minimum Gasteiger partial charge on any atom is -0.330 e. The van der Waals surface area contributed by atoms with Gasteiger partial charge in [0.05, 0.1) is 10.2 Å². The molecule has 0 radical (unpaired) electrons. The maximum Gasteiger partial charge on any atom is 0.160 e. The van der Waals surface area contributed by atoms with Crippen LogP contribution in [0, 0.1) is 0 Å². The van der Waals surface area contributed by atoms with Crippen LogP contribution in [-0.2, 0) is 6.42 Å². The van der Waals surface area contributed by atoms with E-state index in [4.69, 9.17) is 5.73 Å². The Morgan fingerprint density at radius 2 is 2.17 bits per heavy atom. The molecule has 2 N–H and O–H groups in total. The van der Waals surface area contributed by atoms with Crippen molar-refractivity contribution in [2.45, 2.75) is 6.42 Å². The van der Waals surface area contributed by atoms with Gasteiger partial charge in [0, 0.05) is 30.1 Å². The van der Waals surface area contributed by atoms with Crippen LogP contribution in [0.5, 0.6) is 0 Å². The number of hydrogen-bond donors (Lipinski definition) is 1. The number of nitrogens with two attached hydrogens (primary N) is 1. The highest BCUT2D eigenvalue weighted by molar-refractivity contribution is 7.17. The largest absolute Gasteiger partial charge is 0.330 e. The summed E-state index contributed by atoms with van der Waals surface area (Å²) in [6, 6.07) is 5.98. The Morgan fingerprint density at radius 3 is 3.06 bits per heavy atom. The highest BCUT2D eigenvalue weighted by Crippen LogP contribution is 2.23. The van der Waals surface area contributed by atoms with Gasteiger partial charge in [0.2, 0.25) is 0 Å². The molecule has 3 aromatic rings. The molecule has 90 valence electrons. The highest BCUT2D eigenvalue weighted by atomic mass is 32.1. The molecule has 0 amide bonds. The van der Waals surface area contributed by atoms with Gasteiger partial charge in [-0.05, 0) is 30.1 Å². The minimum atomic E-state index is 0.596. The zero-order valence-corrected chi connectivity index (χ0v) is 10.5. The van der Waals surface area contributed by atoms with Crippen LogP contribution in [0.3, 0.4) is 0 Å². The second-order valence-electron chi connectivity index (χ2n) is 3.94. The molecule has 0 saturated heterocycles. The fourth-order valence-electron chi connectivity index (χ4n) is 1.79. The fraction of sp³-hybridized carbons (Fsp3) is 0.154. The molecular weight excluding hydrogens is 244 g/mol. The third kappa shape index (κ3) is 2.10. The van der Waals surface area contributed by atoms with Crippen LogP contribution < -0.4 is 5.73 Å². The van der Waals surface area contributed by atoms with Gasteiger partial charge in [-0.15, -0.1) is 11.3 Å². The van der Waals surface area contributed by atoms with Crippen molar-refractivity contribution in [3.8, 4) is 11.4 Å². The molecule has 4 nitrogen and oxygen atoms in total. The van der Waals surface area contributed by atoms with Crippen molar-refractivity contribution in [1.82, 2.24) is 15.0 Å². The van der Waals surface area contributed by atoms with Gasteiger partial charge in [-0.2, -0.15) is 0 Å². The molecule has 18 heavy (non-hydrogen) atoms. The Labute approximate surface area is 109 Å². The molecular formula is C13H12N4S. The van der Waals surface area contributed by atoms with Gasteiger partial charge in [0.25, 0.3) is 0 Å². The first-order chi connectivity index (χ1) is 8.86. The Morgan fingerprint density at radius 1 is 1.22 bits per heavy atom. The molecule has 0 unspecified atom stereocenters. The fourth-order valence-corrected chi connectivity index (χ4v) is 2.57. The van der Waals surface area contributed by atoms with Crippen molar-refractivity contribution in [3.63, 3.8) is 0 Å². The third-order valence-electron chi connectivity index (χ3n) is 2.67. The lowest BCUT2D eigenvalue weighted by Crippen LogP contribution is -2.05. The van der Waals surface area contributed by atoms with Crippen molar-refractivity contribution in [3.05, 3.63) is 41.7 Å². The summed E-state index contributed by atoms with van der Waals surface area (Å²) >= 11 is 1.67. The normalized spacial score (nSPS) is 10.9. The van der Waals surface area contributed by atoms with E-state index in [2.05, 4.69) is 21.0 Å². The van der Waals surface area contributed by atoms with E-state index in [1.165, 1.54) is 0 Å². The van der Waals surface area contributed by atoms with Crippen molar-refractivity contribution in [2.75, 3.05) is 6.54 Å². The van der Waals surface area contributed by atoms with Crippen LogP contribution in [0.4, 0.5) is 0 Å². The van der Waals surface area contributed by atoms with E-state index in [0.29, 0.717) is 12.4 Å². The lowest BCUT2D eigenvalue weighted by Gasteiger charge is -2.02. The Bertz CT molecular complexity index is 677. The van der Waals surface area contributed by atoms with E-state index in [9.17, 15) is 0 Å². The van der Waals surface area contributed by atoms with Crippen molar-refractivity contribution >= 4 is 21.6 Å². The number of nitrogens with zero attached hydrogens (tertiary/aromatic N) is 3. The van der Waals surface area contributed by atoms with Crippen LogP contribution in [0.1, 0.15) is 5.69 Å². The second kappa shape index (κ2) is 4.80. The maximum atomic E-state index is 5.54. The summed E-state index contributed by atoms with van der Waals surface area (Å²) in [5.41, 5.74) is 8.47. The highest BCUT2D eigenvalue weighted by Gasteiger charge is 2.05. The lowest BCUT2D eigenvalue weighted by molar-refractivity contribution is 0.913. The molecule has 0 aliphatic rings. The zero-order chi connectivity index (χ0) is 12.4. The van der Waals surface area contributed by atoms with Gasteiger partial charge >= 0.3 is 0 Å². The molecule has 0 fully saturated rings. The number of rotatable bonds is 3. The molecule has 0 bridgehead atoms. The molecule has 0 aliphatic heterocycles.